The van der Waals surface area contributed by atoms with Gasteiger partial charge in [-0.1, -0.05) is 36.4 Å². The first kappa shape index (κ1) is 15.3. The van der Waals surface area contributed by atoms with Crippen LogP contribution in [0, 0.1) is 0 Å². The summed E-state index contributed by atoms with van der Waals surface area (Å²) in [6.45, 7) is 1.65. The van der Waals surface area contributed by atoms with Gasteiger partial charge in [0.25, 0.3) is 0 Å². The summed E-state index contributed by atoms with van der Waals surface area (Å²) in [5, 5.41) is 0. The average Bonchev–Trinajstić information content (AvgIpc) is 3.33. The topological polar surface area (TPSA) is 57.3 Å². The van der Waals surface area contributed by atoms with E-state index in [9.17, 15) is 4.79 Å². The molecule has 2 saturated heterocycles. The number of hydrogen-bond donors (Lipinski definition) is 2. The molecule has 1 aromatic heterocycles. The van der Waals surface area contributed by atoms with Gasteiger partial charge in [0.05, 0.1) is 11.7 Å². The number of nitrogens with zero attached hydrogens (tertiary/aromatic N) is 2. The van der Waals surface area contributed by atoms with Gasteiger partial charge in [-0.05, 0) is 30.5 Å². The number of carbonyl (C=O) groups excluding carboxylic acids is 1. The van der Waals surface area contributed by atoms with Gasteiger partial charge in [-0.2, -0.15) is 0 Å². The molecule has 3 atom stereocenters. The van der Waals surface area contributed by atoms with Gasteiger partial charge in [0.1, 0.15) is 6.04 Å². The third-order valence-corrected chi connectivity index (χ3v) is 5.02. The first-order valence-electron chi connectivity index (χ1n) is 8.57. The zero-order valence-electron chi connectivity index (χ0n) is 13.6. The highest BCUT2D eigenvalue weighted by atomic mass is 16.2. The Morgan fingerprint density at radius 1 is 1.08 bits per heavy atom. The quantitative estimate of drug-likeness (QED) is 0.907. The molecule has 3 heterocycles. The maximum Gasteiger partial charge on any atom is 0.241 e. The van der Waals surface area contributed by atoms with E-state index < -0.39 is 0 Å². The van der Waals surface area contributed by atoms with Crippen molar-refractivity contribution in [3.8, 4) is 0 Å². The summed E-state index contributed by atoms with van der Waals surface area (Å²) in [5.74, 6) is 0.649. The van der Waals surface area contributed by atoms with Crippen LogP contribution in [0.25, 0.3) is 0 Å². The summed E-state index contributed by atoms with van der Waals surface area (Å²) in [6, 6.07) is 16.3. The Labute approximate surface area is 142 Å². The van der Waals surface area contributed by atoms with Crippen molar-refractivity contribution >= 4 is 5.91 Å². The van der Waals surface area contributed by atoms with Crippen LogP contribution in [0.15, 0.2) is 54.7 Å². The minimum Gasteiger partial charge on any atom is -0.341 e. The molecular formula is C19H22N4O. The van der Waals surface area contributed by atoms with E-state index in [4.69, 9.17) is 0 Å². The second kappa shape index (κ2) is 6.71. The SMILES string of the molecule is O=C(C1CC(c2ccccn2)NN1)N1CCC(c2ccccc2)C1. The van der Waals surface area contributed by atoms with Crippen molar-refractivity contribution in [1.82, 2.24) is 20.7 Å². The summed E-state index contributed by atoms with van der Waals surface area (Å²) in [7, 11) is 0. The number of amides is 1. The monoisotopic (exact) mass is 322 g/mol. The number of carbonyl (C=O) groups is 1. The molecule has 0 radical (unpaired) electrons. The second-order valence-electron chi connectivity index (χ2n) is 6.56. The zero-order chi connectivity index (χ0) is 16.4. The molecule has 2 aliphatic heterocycles. The Balaban J connectivity index is 1.37. The summed E-state index contributed by atoms with van der Waals surface area (Å²) in [5.41, 5.74) is 8.67. The van der Waals surface area contributed by atoms with E-state index in [1.165, 1.54) is 5.56 Å². The Morgan fingerprint density at radius 2 is 1.92 bits per heavy atom. The molecule has 0 spiro atoms. The van der Waals surface area contributed by atoms with Crippen LogP contribution < -0.4 is 10.9 Å². The van der Waals surface area contributed by atoms with Crippen molar-refractivity contribution in [3.63, 3.8) is 0 Å². The molecule has 1 amide bonds. The molecule has 1 aromatic carbocycles. The normalized spacial score (nSPS) is 26.7. The lowest BCUT2D eigenvalue weighted by molar-refractivity contribution is -0.132. The molecule has 2 aromatic rings. The van der Waals surface area contributed by atoms with Crippen LogP contribution in [-0.4, -0.2) is 34.9 Å². The van der Waals surface area contributed by atoms with Crippen molar-refractivity contribution in [2.45, 2.75) is 30.8 Å². The highest BCUT2D eigenvalue weighted by Gasteiger charge is 2.36. The smallest absolute Gasteiger partial charge is 0.241 e. The predicted octanol–water partition coefficient (Wildman–Crippen LogP) is 2.01. The van der Waals surface area contributed by atoms with E-state index in [2.05, 4.69) is 40.1 Å². The highest BCUT2D eigenvalue weighted by Crippen LogP contribution is 2.29. The number of pyridine rings is 1. The van der Waals surface area contributed by atoms with Crippen molar-refractivity contribution in [2.75, 3.05) is 13.1 Å². The van der Waals surface area contributed by atoms with Crippen LogP contribution in [0.4, 0.5) is 0 Å². The number of hydrazine groups is 1. The van der Waals surface area contributed by atoms with Crippen molar-refractivity contribution in [1.29, 1.82) is 0 Å². The lowest BCUT2D eigenvalue weighted by Crippen LogP contribution is -2.44. The minimum atomic E-state index is -0.175. The van der Waals surface area contributed by atoms with Crippen LogP contribution in [-0.2, 0) is 4.79 Å². The summed E-state index contributed by atoms with van der Waals surface area (Å²) < 4.78 is 0. The molecule has 4 rings (SSSR count). The Kier molecular flexibility index (Phi) is 4.28. The van der Waals surface area contributed by atoms with Gasteiger partial charge in [0.15, 0.2) is 0 Å². The second-order valence-corrected chi connectivity index (χ2v) is 6.56. The molecule has 3 unspecified atom stereocenters. The summed E-state index contributed by atoms with van der Waals surface area (Å²) in [4.78, 5) is 19.2. The van der Waals surface area contributed by atoms with Gasteiger partial charge in [-0.3, -0.25) is 9.78 Å². The van der Waals surface area contributed by atoms with E-state index in [-0.39, 0.29) is 18.0 Å². The lowest BCUT2D eigenvalue weighted by atomic mass is 9.99. The third kappa shape index (κ3) is 3.05. The molecule has 0 bridgehead atoms. The van der Waals surface area contributed by atoms with E-state index in [0.29, 0.717) is 5.92 Å². The van der Waals surface area contributed by atoms with Gasteiger partial charge in [0.2, 0.25) is 5.91 Å². The Bertz CT molecular complexity index is 632. The van der Waals surface area contributed by atoms with E-state index in [1.807, 2.05) is 29.2 Å². The van der Waals surface area contributed by atoms with E-state index in [0.717, 1.165) is 31.6 Å². The Morgan fingerprint density at radius 3 is 2.71 bits per heavy atom. The van der Waals surface area contributed by atoms with Crippen LogP contribution in [0.1, 0.15) is 36.1 Å². The molecular weight excluding hydrogens is 300 g/mol. The summed E-state index contributed by atoms with van der Waals surface area (Å²) in [6.07, 6.45) is 3.57. The molecule has 5 nitrogen and oxygen atoms in total. The van der Waals surface area contributed by atoms with Crippen LogP contribution in [0.3, 0.4) is 0 Å². The third-order valence-electron chi connectivity index (χ3n) is 5.02. The number of aromatic nitrogens is 1. The molecule has 2 fully saturated rings. The van der Waals surface area contributed by atoms with E-state index >= 15 is 0 Å². The highest BCUT2D eigenvalue weighted by molar-refractivity contribution is 5.82. The van der Waals surface area contributed by atoms with Gasteiger partial charge in [-0.15, -0.1) is 0 Å². The van der Waals surface area contributed by atoms with Crippen LogP contribution in [0.5, 0.6) is 0 Å². The fourth-order valence-corrected chi connectivity index (χ4v) is 3.67. The lowest BCUT2D eigenvalue weighted by Gasteiger charge is -2.20. The van der Waals surface area contributed by atoms with E-state index in [1.54, 1.807) is 6.20 Å². The fourth-order valence-electron chi connectivity index (χ4n) is 3.67. The molecule has 2 N–H and O–H groups in total. The minimum absolute atomic E-state index is 0.0904. The number of nitrogens with one attached hydrogen (secondary N) is 2. The predicted molar refractivity (Wildman–Crippen MR) is 92.0 cm³/mol. The Hall–Kier alpha value is -2.24. The van der Waals surface area contributed by atoms with Gasteiger partial charge in [-0.25, -0.2) is 10.9 Å². The van der Waals surface area contributed by atoms with Crippen LogP contribution in [0.2, 0.25) is 0 Å². The molecule has 0 saturated carbocycles. The number of hydrogen-bond acceptors (Lipinski definition) is 4. The summed E-state index contributed by atoms with van der Waals surface area (Å²) >= 11 is 0. The van der Waals surface area contributed by atoms with Gasteiger partial charge < -0.3 is 4.90 Å². The average molecular weight is 322 g/mol. The maximum atomic E-state index is 12.8. The molecule has 124 valence electrons. The molecule has 0 aliphatic carbocycles. The number of rotatable bonds is 3. The standard InChI is InChI=1S/C19H22N4O/c24-19(18-12-17(21-22-18)16-8-4-5-10-20-16)23-11-9-15(13-23)14-6-2-1-3-7-14/h1-8,10,15,17-18,21-22H,9,11-13H2. The van der Waals surface area contributed by atoms with Crippen molar-refractivity contribution in [3.05, 3.63) is 66.0 Å². The first-order valence-corrected chi connectivity index (χ1v) is 8.57. The largest absolute Gasteiger partial charge is 0.341 e. The number of likely N-dealkylation sites (tertiary alicyclic amines) is 1. The first-order chi connectivity index (χ1) is 11.8. The molecule has 5 heteroatoms. The van der Waals surface area contributed by atoms with Crippen molar-refractivity contribution < 1.29 is 4.79 Å². The van der Waals surface area contributed by atoms with Crippen molar-refractivity contribution in [2.24, 2.45) is 0 Å². The van der Waals surface area contributed by atoms with Gasteiger partial charge >= 0.3 is 0 Å². The fraction of sp³-hybridized carbons (Fsp3) is 0.368. The molecule has 2 aliphatic rings. The van der Waals surface area contributed by atoms with Gasteiger partial charge in [0, 0.05) is 25.2 Å². The molecule has 24 heavy (non-hydrogen) atoms. The maximum absolute atomic E-state index is 12.8. The van der Waals surface area contributed by atoms with Crippen LogP contribution >= 0.6 is 0 Å². The zero-order valence-corrected chi connectivity index (χ0v) is 13.6. The number of benzene rings is 1.